The van der Waals surface area contributed by atoms with Crippen molar-refractivity contribution < 1.29 is 14.8 Å². The van der Waals surface area contributed by atoms with Crippen LogP contribution in [0.1, 0.15) is 23.7 Å². The van der Waals surface area contributed by atoms with Gasteiger partial charge in [0.15, 0.2) is 0 Å². The monoisotopic (exact) mass is 298 g/mol. The van der Waals surface area contributed by atoms with Gasteiger partial charge in [0.1, 0.15) is 5.56 Å². The molecule has 0 bridgehead atoms. The molecule has 0 radical (unpaired) electrons. The predicted octanol–water partition coefficient (Wildman–Crippen LogP) is 2.09. The second-order valence-electron chi connectivity index (χ2n) is 4.91. The van der Waals surface area contributed by atoms with Gasteiger partial charge in [-0.2, -0.15) is 0 Å². The Morgan fingerprint density at radius 3 is 2.90 bits per heavy atom. The number of carbonyl (C=O) groups is 1. The van der Waals surface area contributed by atoms with Crippen molar-refractivity contribution in [3.63, 3.8) is 0 Å². The quantitative estimate of drug-likeness (QED) is 0.684. The molecule has 0 aliphatic carbocycles. The Morgan fingerprint density at radius 1 is 1.60 bits per heavy atom. The molecule has 7 heteroatoms. The molecule has 1 aromatic rings. The van der Waals surface area contributed by atoms with Gasteiger partial charge in [-0.05, 0) is 18.4 Å². The molecule has 6 nitrogen and oxygen atoms in total. The number of rotatable bonds is 3. The summed E-state index contributed by atoms with van der Waals surface area (Å²) in [6, 6.07) is 3.83. The van der Waals surface area contributed by atoms with Crippen molar-refractivity contribution in [2.24, 2.45) is 5.92 Å². The SMILES string of the molecule is CC1CCN(C(=O)c2c(Cl)cccc2[N+](=O)[O-])C1CO. The lowest BCUT2D eigenvalue weighted by atomic mass is 10.0. The molecule has 0 aromatic heterocycles. The van der Waals surface area contributed by atoms with Gasteiger partial charge in [-0.25, -0.2) is 0 Å². The first-order valence-electron chi connectivity index (χ1n) is 6.32. The summed E-state index contributed by atoms with van der Waals surface area (Å²) in [6.07, 6.45) is 0.759. The normalized spacial score (nSPS) is 22.1. The highest BCUT2D eigenvalue weighted by atomic mass is 35.5. The van der Waals surface area contributed by atoms with E-state index >= 15 is 0 Å². The number of likely N-dealkylation sites (tertiary alicyclic amines) is 1. The van der Waals surface area contributed by atoms with Crippen molar-refractivity contribution in [3.8, 4) is 0 Å². The van der Waals surface area contributed by atoms with Crippen LogP contribution >= 0.6 is 11.6 Å². The van der Waals surface area contributed by atoms with Crippen LogP contribution in [0.3, 0.4) is 0 Å². The lowest BCUT2D eigenvalue weighted by molar-refractivity contribution is -0.385. The van der Waals surface area contributed by atoms with Crippen LogP contribution in [0.25, 0.3) is 0 Å². The number of aliphatic hydroxyl groups is 1. The molecule has 20 heavy (non-hydrogen) atoms. The number of hydrogen-bond donors (Lipinski definition) is 1. The van der Waals surface area contributed by atoms with Crippen molar-refractivity contribution in [2.45, 2.75) is 19.4 Å². The zero-order chi connectivity index (χ0) is 14.9. The summed E-state index contributed by atoms with van der Waals surface area (Å²) in [5.41, 5.74) is -0.412. The van der Waals surface area contributed by atoms with E-state index in [9.17, 15) is 20.0 Å². The summed E-state index contributed by atoms with van der Waals surface area (Å²) in [5, 5.41) is 20.5. The standard InChI is InChI=1S/C13H15ClN2O4/c1-8-5-6-15(11(8)7-17)13(18)12-9(14)3-2-4-10(12)16(19)20/h2-4,8,11,17H,5-7H2,1H3. The molecular formula is C13H15ClN2O4. The van der Waals surface area contributed by atoms with Crippen molar-refractivity contribution in [1.82, 2.24) is 4.90 Å². The number of nitro groups is 1. The maximum absolute atomic E-state index is 12.5. The molecule has 108 valence electrons. The van der Waals surface area contributed by atoms with Crippen molar-refractivity contribution >= 4 is 23.2 Å². The molecular weight excluding hydrogens is 284 g/mol. The highest BCUT2D eigenvalue weighted by Gasteiger charge is 2.37. The minimum atomic E-state index is -0.618. The van der Waals surface area contributed by atoms with Crippen LogP contribution < -0.4 is 0 Å². The highest BCUT2D eigenvalue weighted by molar-refractivity contribution is 6.34. The minimum absolute atomic E-state index is 0.0560. The summed E-state index contributed by atoms with van der Waals surface area (Å²) in [5.74, 6) is -0.337. The first-order chi connectivity index (χ1) is 9.47. The first-order valence-corrected chi connectivity index (χ1v) is 6.70. The fourth-order valence-electron chi connectivity index (χ4n) is 2.56. The largest absolute Gasteiger partial charge is 0.394 e. The Labute approximate surface area is 121 Å². The van der Waals surface area contributed by atoms with Crippen LogP contribution in [0.15, 0.2) is 18.2 Å². The number of nitro benzene ring substituents is 1. The minimum Gasteiger partial charge on any atom is -0.394 e. The topological polar surface area (TPSA) is 83.7 Å². The molecule has 1 saturated heterocycles. The molecule has 1 fully saturated rings. The number of halogens is 1. The lowest BCUT2D eigenvalue weighted by Crippen LogP contribution is -2.40. The molecule has 2 unspecified atom stereocenters. The molecule has 1 N–H and O–H groups in total. The number of nitrogens with zero attached hydrogens (tertiary/aromatic N) is 2. The molecule has 1 aliphatic heterocycles. The van der Waals surface area contributed by atoms with E-state index in [0.29, 0.717) is 6.54 Å². The second-order valence-corrected chi connectivity index (χ2v) is 5.31. The fraction of sp³-hybridized carbons (Fsp3) is 0.462. The van der Waals surface area contributed by atoms with Crippen LogP contribution in [0.2, 0.25) is 5.02 Å². The molecule has 2 atom stereocenters. The van der Waals surface area contributed by atoms with E-state index in [-0.39, 0.29) is 34.8 Å². The van der Waals surface area contributed by atoms with Crippen LogP contribution in [0, 0.1) is 16.0 Å². The van der Waals surface area contributed by atoms with E-state index in [0.717, 1.165) is 6.42 Å². The van der Waals surface area contributed by atoms with Gasteiger partial charge < -0.3 is 10.0 Å². The molecule has 2 rings (SSSR count). The third kappa shape index (κ3) is 2.48. The van der Waals surface area contributed by atoms with Crippen molar-refractivity contribution in [2.75, 3.05) is 13.2 Å². The third-order valence-electron chi connectivity index (χ3n) is 3.73. The average Bonchev–Trinajstić information content (AvgIpc) is 2.78. The van der Waals surface area contributed by atoms with Crippen molar-refractivity contribution in [1.29, 1.82) is 0 Å². The zero-order valence-corrected chi connectivity index (χ0v) is 11.7. The smallest absolute Gasteiger partial charge is 0.283 e. The third-order valence-corrected chi connectivity index (χ3v) is 4.05. The Kier molecular flexibility index (Phi) is 4.25. The Balaban J connectivity index is 2.41. The van der Waals surface area contributed by atoms with E-state index in [1.807, 2.05) is 6.92 Å². The maximum Gasteiger partial charge on any atom is 0.283 e. The van der Waals surface area contributed by atoms with E-state index in [1.165, 1.54) is 23.1 Å². The van der Waals surface area contributed by atoms with Gasteiger partial charge in [-0.15, -0.1) is 0 Å². The van der Waals surface area contributed by atoms with Crippen LogP contribution in [0.5, 0.6) is 0 Å². The fourth-order valence-corrected chi connectivity index (χ4v) is 2.81. The number of amides is 1. The molecule has 1 amide bonds. The van der Waals surface area contributed by atoms with Gasteiger partial charge in [-0.1, -0.05) is 24.6 Å². The second kappa shape index (κ2) is 5.76. The Hall–Kier alpha value is -1.66. The molecule has 1 aliphatic rings. The summed E-state index contributed by atoms with van der Waals surface area (Å²) < 4.78 is 0. The van der Waals surface area contributed by atoms with Crippen molar-refractivity contribution in [3.05, 3.63) is 38.9 Å². The molecule has 1 aromatic carbocycles. The van der Waals surface area contributed by atoms with E-state index in [2.05, 4.69) is 0 Å². The van der Waals surface area contributed by atoms with E-state index in [1.54, 1.807) is 0 Å². The summed E-state index contributed by atoms with van der Waals surface area (Å²) in [6.45, 7) is 2.24. The number of benzene rings is 1. The van der Waals surface area contributed by atoms with Gasteiger partial charge in [0, 0.05) is 12.6 Å². The van der Waals surface area contributed by atoms with Gasteiger partial charge in [0.2, 0.25) is 0 Å². The van der Waals surface area contributed by atoms with Crippen LogP contribution in [-0.4, -0.2) is 40.0 Å². The number of carbonyl (C=O) groups excluding carboxylic acids is 1. The average molecular weight is 299 g/mol. The first kappa shape index (κ1) is 14.7. The van der Waals surface area contributed by atoms with E-state index in [4.69, 9.17) is 11.6 Å². The van der Waals surface area contributed by atoms with Gasteiger partial charge in [0.25, 0.3) is 11.6 Å². The summed E-state index contributed by atoms with van der Waals surface area (Å²) in [7, 11) is 0. The molecule has 0 spiro atoms. The predicted molar refractivity (Wildman–Crippen MR) is 73.8 cm³/mol. The maximum atomic E-state index is 12.5. The Morgan fingerprint density at radius 2 is 2.30 bits per heavy atom. The van der Waals surface area contributed by atoms with E-state index < -0.39 is 10.8 Å². The van der Waals surface area contributed by atoms with Crippen LogP contribution in [-0.2, 0) is 0 Å². The highest BCUT2D eigenvalue weighted by Crippen LogP contribution is 2.31. The Bertz CT molecular complexity index is 549. The van der Waals surface area contributed by atoms with Gasteiger partial charge >= 0.3 is 0 Å². The lowest BCUT2D eigenvalue weighted by Gasteiger charge is -2.25. The number of aliphatic hydroxyl groups excluding tert-OH is 1. The van der Waals surface area contributed by atoms with Gasteiger partial charge in [0.05, 0.1) is 22.6 Å². The molecule has 1 heterocycles. The summed E-state index contributed by atoms with van der Waals surface area (Å²) in [4.78, 5) is 24.4. The summed E-state index contributed by atoms with van der Waals surface area (Å²) >= 11 is 5.96. The van der Waals surface area contributed by atoms with Gasteiger partial charge in [-0.3, -0.25) is 14.9 Å². The van der Waals surface area contributed by atoms with Crippen LogP contribution in [0.4, 0.5) is 5.69 Å². The number of hydrogen-bond acceptors (Lipinski definition) is 4. The molecule has 0 saturated carbocycles. The zero-order valence-electron chi connectivity index (χ0n) is 11.0.